The average Bonchev–Trinajstić information content (AvgIpc) is 2.91. The highest BCUT2D eigenvalue weighted by atomic mass is 16.5. The number of aliphatic hydroxyl groups is 1. The molecule has 5 heteroatoms. The zero-order chi connectivity index (χ0) is 14.7. The number of nitrogens with zero attached hydrogens (tertiary/aromatic N) is 2. The monoisotopic (exact) mass is 278 g/mol. The van der Waals surface area contributed by atoms with Gasteiger partial charge >= 0.3 is 0 Å². The van der Waals surface area contributed by atoms with E-state index in [1.54, 1.807) is 24.1 Å². The fraction of sp³-hybridized carbons (Fsp3) is 0.533. The van der Waals surface area contributed by atoms with Crippen LogP contribution in [-0.4, -0.2) is 67.8 Å². The summed E-state index contributed by atoms with van der Waals surface area (Å²) in [4.78, 5) is 16.4. The molecule has 1 N–H and O–H groups in total. The van der Waals surface area contributed by atoms with Crippen molar-refractivity contribution < 1.29 is 14.6 Å². The average molecular weight is 278 g/mol. The number of benzene rings is 1. The van der Waals surface area contributed by atoms with Gasteiger partial charge in [-0.2, -0.15) is 0 Å². The van der Waals surface area contributed by atoms with Crippen molar-refractivity contribution in [2.45, 2.75) is 6.04 Å². The Morgan fingerprint density at radius 1 is 1.45 bits per heavy atom. The smallest absolute Gasteiger partial charge is 0.254 e. The predicted octanol–water partition coefficient (Wildman–Crippen LogP) is 0.690. The largest absolute Gasteiger partial charge is 0.497 e. The van der Waals surface area contributed by atoms with E-state index in [0.717, 1.165) is 0 Å². The summed E-state index contributed by atoms with van der Waals surface area (Å²) in [6.45, 7) is 1.34. The summed E-state index contributed by atoms with van der Waals surface area (Å²) in [5.74, 6) is 0.782. The molecule has 1 aliphatic heterocycles. The van der Waals surface area contributed by atoms with Gasteiger partial charge in [0.15, 0.2) is 0 Å². The van der Waals surface area contributed by atoms with Crippen LogP contribution in [0.25, 0.3) is 0 Å². The van der Waals surface area contributed by atoms with Gasteiger partial charge in [-0.3, -0.25) is 4.79 Å². The Bertz CT molecular complexity index is 476. The zero-order valence-electron chi connectivity index (χ0n) is 12.2. The zero-order valence-corrected chi connectivity index (χ0v) is 12.2. The lowest BCUT2D eigenvalue weighted by atomic mass is 10.0. The molecule has 1 amide bonds. The van der Waals surface area contributed by atoms with E-state index in [0.29, 0.717) is 24.4 Å². The van der Waals surface area contributed by atoms with Crippen molar-refractivity contribution in [2.24, 2.45) is 5.92 Å². The van der Waals surface area contributed by atoms with Crippen LogP contribution in [0.15, 0.2) is 24.3 Å². The van der Waals surface area contributed by atoms with Gasteiger partial charge in [-0.15, -0.1) is 0 Å². The van der Waals surface area contributed by atoms with Gasteiger partial charge in [0, 0.05) is 37.2 Å². The fourth-order valence-electron chi connectivity index (χ4n) is 2.72. The van der Waals surface area contributed by atoms with Crippen LogP contribution in [0.2, 0.25) is 0 Å². The van der Waals surface area contributed by atoms with E-state index in [1.165, 1.54) is 0 Å². The van der Waals surface area contributed by atoms with Gasteiger partial charge in [-0.05, 0) is 32.3 Å². The quantitative estimate of drug-likeness (QED) is 0.880. The third kappa shape index (κ3) is 2.94. The lowest BCUT2D eigenvalue weighted by Gasteiger charge is -2.23. The van der Waals surface area contributed by atoms with E-state index < -0.39 is 0 Å². The SMILES string of the molecule is COc1cccc(C(=O)N2C[C@@H](CO)[C@H](N(C)C)C2)c1. The Kier molecular flexibility index (Phi) is 4.62. The molecule has 1 aliphatic rings. The van der Waals surface area contributed by atoms with Crippen molar-refractivity contribution in [1.82, 2.24) is 9.80 Å². The number of aliphatic hydroxyl groups excluding tert-OH is 1. The minimum Gasteiger partial charge on any atom is -0.497 e. The molecule has 0 spiro atoms. The number of hydrogen-bond acceptors (Lipinski definition) is 4. The molecule has 0 bridgehead atoms. The highest BCUT2D eigenvalue weighted by molar-refractivity contribution is 5.94. The normalized spacial score (nSPS) is 22.4. The number of carbonyl (C=O) groups is 1. The topological polar surface area (TPSA) is 53.0 Å². The summed E-state index contributed by atoms with van der Waals surface area (Å²) in [6, 6.07) is 7.38. The third-order valence-electron chi connectivity index (χ3n) is 3.91. The van der Waals surface area contributed by atoms with Gasteiger partial charge < -0.3 is 19.6 Å². The Morgan fingerprint density at radius 3 is 2.75 bits per heavy atom. The number of likely N-dealkylation sites (N-methyl/N-ethyl adjacent to an activating group) is 1. The van der Waals surface area contributed by atoms with E-state index >= 15 is 0 Å². The number of methoxy groups -OCH3 is 1. The molecule has 1 aromatic carbocycles. The molecule has 2 atom stereocenters. The summed E-state index contributed by atoms with van der Waals surface area (Å²) < 4.78 is 5.15. The molecule has 20 heavy (non-hydrogen) atoms. The summed E-state index contributed by atoms with van der Waals surface area (Å²) in [6.07, 6.45) is 0. The van der Waals surface area contributed by atoms with Gasteiger partial charge in [0.1, 0.15) is 5.75 Å². The van der Waals surface area contributed by atoms with E-state index in [2.05, 4.69) is 4.90 Å². The van der Waals surface area contributed by atoms with Crippen molar-refractivity contribution >= 4 is 5.91 Å². The maximum atomic E-state index is 12.5. The number of hydrogen-bond donors (Lipinski definition) is 1. The molecule has 0 aliphatic carbocycles. The van der Waals surface area contributed by atoms with E-state index in [1.807, 2.05) is 26.2 Å². The minimum absolute atomic E-state index is 0.00769. The Balaban J connectivity index is 2.13. The molecule has 1 saturated heterocycles. The van der Waals surface area contributed by atoms with Crippen LogP contribution in [0, 0.1) is 5.92 Å². The van der Waals surface area contributed by atoms with Crippen LogP contribution in [0.4, 0.5) is 0 Å². The molecule has 0 radical (unpaired) electrons. The molecule has 1 heterocycles. The van der Waals surface area contributed by atoms with Crippen LogP contribution in [0.5, 0.6) is 5.75 Å². The van der Waals surface area contributed by atoms with Crippen LogP contribution >= 0.6 is 0 Å². The summed E-state index contributed by atoms with van der Waals surface area (Å²) in [5.41, 5.74) is 0.625. The first-order valence-electron chi connectivity index (χ1n) is 6.77. The van der Waals surface area contributed by atoms with Crippen molar-refractivity contribution in [3.8, 4) is 5.75 Å². The highest BCUT2D eigenvalue weighted by Crippen LogP contribution is 2.23. The summed E-state index contributed by atoms with van der Waals surface area (Å²) in [7, 11) is 5.54. The first-order valence-corrected chi connectivity index (χ1v) is 6.77. The van der Waals surface area contributed by atoms with Crippen LogP contribution < -0.4 is 4.74 Å². The van der Waals surface area contributed by atoms with E-state index in [9.17, 15) is 9.90 Å². The molecular formula is C15H22N2O3. The molecular weight excluding hydrogens is 256 g/mol. The van der Waals surface area contributed by atoms with Crippen LogP contribution in [0.3, 0.4) is 0 Å². The van der Waals surface area contributed by atoms with E-state index in [4.69, 9.17) is 4.74 Å². The predicted molar refractivity (Wildman–Crippen MR) is 76.9 cm³/mol. The van der Waals surface area contributed by atoms with Crippen molar-refractivity contribution in [2.75, 3.05) is 40.9 Å². The second-order valence-electron chi connectivity index (χ2n) is 5.42. The van der Waals surface area contributed by atoms with Gasteiger partial charge in [0.05, 0.1) is 7.11 Å². The maximum Gasteiger partial charge on any atom is 0.254 e. The molecule has 1 fully saturated rings. The molecule has 0 aromatic heterocycles. The van der Waals surface area contributed by atoms with Crippen molar-refractivity contribution in [3.63, 3.8) is 0 Å². The van der Waals surface area contributed by atoms with Gasteiger partial charge in [-0.25, -0.2) is 0 Å². The fourth-order valence-corrected chi connectivity index (χ4v) is 2.72. The minimum atomic E-state index is -0.00769. The second-order valence-corrected chi connectivity index (χ2v) is 5.42. The van der Waals surface area contributed by atoms with Gasteiger partial charge in [0.2, 0.25) is 0 Å². The maximum absolute atomic E-state index is 12.5. The molecule has 1 aromatic rings. The number of amides is 1. The Morgan fingerprint density at radius 2 is 2.20 bits per heavy atom. The number of ether oxygens (including phenoxy) is 1. The van der Waals surface area contributed by atoms with Gasteiger partial charge in [0.25, 0.3) is 5.91 Å². The molecule has 110 valence electrons. The molecule has 0 saturated carbocycles. The van der Waals surface area contributed by atoms with Crippen LogP contribution in [-0.2, 0) is 0 Å². The number of rotatable bonds is 4. The van der Waals surface area contributed by atoms with Crippen molar-refractivity contribution in [1.29, 1.82) is 0 Å². The first kappa shape index (κ1) is 14.8. The highest BCUT2D eigenvalue weighted by Gasteiger charge is 2.36. The molecule has 0 unspecified atom stereocenters. The lowest BCUT2D eigenvalue weighted by Crippen LogP contribution is -2.37. The van der Waals surface area contributed by atoms with Gasteiger partial charge in [-0.1, -0.05) is 6.07 Å². The number of carbonyl (C=O) groups excluding carboxylic acids is 1. The third-order valence-corrected chi connectivity index (χ3v) is 3.91. The Hall–Kier alpha value is -1.59. The lowest BCUT2D eigenvalue weighted by molar-refractivity contribution is 0.0778. The summed E-state index contributed by atoms with van der Waals surface area (Å²) >= 11 is 0. The molecule has 5 nitrogen and oxygen atoms in total. The molecule has 2 rings (SSSR count). The first-order chi connectivity index (χ1) is 9.56. The Labute approximate surface area is 119 Å². The second kappa shape index (κ2) is 6.24. The van der Waals surface area contributed by atoms with Crippen molar-refractivity contribution in [3.05, 3.63) is 29.8 Å². The summed E-state index contributed by atoms with van der Waals surface area (Å²) in [5, 5.41) is 9.45. The number of likely N-dealkylation sites (tertiary alicyclic amines) is 1. The standard InChI is InChI=1S/C15H22N2O3/c1-16(2)14-9-17(8-12(14)10-18)15(19)11-5-4-6-13(7-11)20-3/h4-7,12,14,18H,8-10H2,1-3H3/t12-,14+/m0/s1. The van der Waals surface area contributed by atoms with E-state index in [-0.39, 0.29) is 24.5 Å². The van der Waals surface area contributed by atoms with Crippen LogP contribution in [0.1, 0.15) is 10.4 Å².